The van der Waals surface area contributed by atoms with Gasteiger partial charge in [-0.1, -0.05) is 58.4 Å². The fourth-order valence-corrected chi connectivity index (χ4v) is 4.28. The first-order chi connectivity index (χ1) is 15.1. The van der Waals surface area contributed by atoms with Crippen LogP contribution in [0.2, 0.25) is 0 Å². The number of piperidine rings is 1. The smallest absolute Gasteiger partial charge is 0.253 e. The van der Waals surface area contributed by atoms with E-state index in [4.69, 9.17) is 0 Å². The highest BCUT2D eigenvalue weighted by Gasteiger charge is 2.27. The Morgan fingerprint density at radius 1 is 1.00 bits per heavy atom. The maximum absolute atomic E-state index is 13.0. The number of nitrogens with one attached hydrogen (secondary N) is 1. The van der Waals surface area contributed by atoms with Crippen LogP contribution >= 0.6 is 15.9 Å². The maximum Gasteiger partial charge on any atom is 0.253 e. The third kappa shape index (κ3) is 5.39. The number of aromatic nitrogens is 1. The van der Waals surface area contributed by atoms with Crippen LogP contribution in [0.1, 0.15) is 28.8 Å². The van der Waals surface area contributed by atoms with E-state index < -0.39 is 0 Å². The summed E-state index contributed by atoms with van der Waals surface area (Å²) < 4.78 is 0.998. The molecule has 31 heavy (non-hydrogen) atoms. The molecule has 2 aromatic carbocycles. The molecule has 1 aliphatic rings. The van der Waals surface area contributed by atoms with Crippen LogP contribution in [0.5, 0.6) is 0 Å². The lowest BCUT2D eigenvalue weighted by Gasteiger charge is -2.31. The van der Waals surface area contributed by atoms with E-state index in [-0.39, 0.29) is 17.7 Å². The Labute approximate surface area is 190 Å². The van der Waals surface area contributed by atoms with Crippen LogP contribution in [0.4, 0.5) is 0 Å². The van der Waals surface area contributed by atoms with Gasteiger partial charge >= 0.3 is 0 Å². The molecular weight excluding hydrogens is 454 g/mol. The maximum atomic E-state index is 13.0. The van der Waals surface area contributed by atoms with Gasteiger partial charge < -0.3 is 10.2 Å². The Bertz CT molecular complexity index is 1060. The minimum atomic E-state index is -0.0616. The second-order valence-corrected chi connectivity index (χ2v) is 8.63. The molecule has 2 heterocycles. The molecule has 0 aliphatic carbocycles. The molecule has 0 spiro atoms. The molecule has 0 unspecified atom stereocenters. The van der Waals surface area contributed by atoms with Crippen molar-refractivity contribution in [3.8, 4) is 11.3 Å². The number of nitrogens with zero attached hydrogens (tertiary/aromatic N) is 2. The van der Waals surface area contributed by atoms with E-state index >= 15 is 0 Å². The average Bonchev–Trinajstić information content (AvgIpc) is 2.83. The Kier molecular flexibility index (Phi) is 6.77. The summed E-state index contributed by atoms with van der Waals surface area (Å²) in [5, 5.41) is 3.03. The molecule has 0 bridgehead atoms. The first kappa shape index (κ1) is 21.2. The van der Waals surface area contributed by atoms with Gasteiger partial charge in [0.15, 0.2) is 0 Å². The van der Waals surface area contributed by atoms with Gasteiger partial charge in [0, 0.05) is 47.3 Å². The zero-order chi connectivity index (χ0) is 21.6. The molecule has 4 rings (SSSR count). The van der Waals surface area contributed by atoms with Crippen molar-refractivity contribution in [2.75, 3.05) is 13.1 Å². The monoisotopic (exact) mass is 477 g/mol. The molecule has 1 fully saturated rings. The van der Waals surface area contributed by atoms with Crippen molar-refractivity contribution in [2.45, 2.75) is 19.4 Å². The predicted octanol–water partition coefficient (Wildman–Crippen LogP) is 4.68. The van der Waals surface area contributed by atoms with Crippen LogP contribution in [-0.2, 0) is 11.3 Å². The quantitative estimate of drug-likeness (QED) is 0.580. The Hall–Kier alpha value is -2.99. The first-order valence-electron chi connectivity index (χ1n) is 10.4. The van der Waals surface area contributed by atoms with Gasteiger partial charge in [0.25, 0.3) is 5.91 Å². The van der Waals surface area contributed by atoms with Crippen LogP contribution in [0.3, 0.4) is 0 Å². The molecule has 158 valence electrons. The zero-order valence-electron chi connectivity index (χ0n) is 17.1. The summed E-state index contributed by atoms with van der Waals surface area (Å²) >= 11 is 3.45. The van der Waals surface area contributed by atoms with Crippen LogP contribution < -0.4 is 5.32 Å². The number of amides is 2. The number of carbonyl (C=O) groups excluding carboxylic acids is 2. The number of benzene rings is 2. The Balaban J connectivity index is 1.32. The van der Waals surface area contributed by atoms with Crippen molar-refractivity contribution < 1.29 is 9.59 Å². The fourth-order valence-electron chi connectivity index (χ4n) is 3.84. The summed E-state index contributed by atoms with van der Waals surface area (Å²) in [6.07, 6.45) is 3.02. The molecule has 1 N–H and O–H groups in total. The van der Waals surface area contributed by atoms with Crippen molar-refractivity contribution in [2.24, 2.45) is 5.92 Å². The van der Waals surface area contributed by atoms with Gasteiger partial charge in [0.1, 0.15) is 0 Å². The number of carbonyl (C=O) groups is 2. The largest absolute Gasteiger partial charge is 0.352 e. The van der Waals surface area contributed by atoms with E-state index in [2.05, 4.69) is 26.2 Å². The highest BCUT2D eigenvalue weighted by atomic mass is 79.9. The molecule has 5 nitrogen and oxygen atoms in total. The minimum absolute atomic E-state index is 0.00687. The van der Waals surface area contributed by atoms with Gasteiger partial charge in [0.2, 0.25) is 5.91 Å². The summed E-state index contributed by atoms with van der Waals surface area (Å²) in [5.74, 6) is -0.0107. The number of pyridine rings is 1. The van der Waals surface area contributed by atoms with Gasteiger partial charge in [-0.15, -0.1) is 0 Å². The van der Waals surface area contributed by atoms with Crippen molar-refractivity contribution in [3.63, 3.8) is 0 Å². The van der Waals surface area contributed by atoms with Crippen LogP contribution in [0.25, 0.3) is 11.3 Å². The van der Waals surface area contributed by atoms with Crippen molar-refractivity contribution in [1.82, 2.24) is 15.2 Å². The van der Waals surface area contributed by atoms with Gasteiger partial charge in [0.05, 0.1) is 5.69 Å². The SMILES string of the molecule is O=C(NCc1cccc(Br)c1)C1CCN(C(=O)c2ccnc(-c3ccccc3)c2)CC1. The Morgan fingerprint density at radius 3 is 2.52 bits per heavy atom. The average molecular weight is 478 g/mol. The number of halogens is 1. The lowest BCUT2D eigenvalue weighted by Crippen LogP contribution is -2.42. The summed E-state index contributed by atoms with van der Waals surface area (Å²) in [7, 11) is 0. The summed E-state index contributed by atoms with van der Waals surface area (Å²) in [6.45, 7) is 1.67. The third-order valence-electron chi connectivity index (χ3n) is 5.59. The van der Waals surface area contributed by atoms with Crippen LogP contribution in [0, 0.1) is 5.92 Å². The highest BCUT2D eigenvalue weighted by molar-refractivity contribution is 9.10. The summed E-state index contributed by atoms with van der Waals surface area (Å²) in [6, 6.07) is 21.3. The van der Waals surface area contributed by atoms with Gasteiger partial charge in [-0.2, -0.15) is 0 Å². The second kappa shape index (κ2) is 9.88. The molecule has 3 aromatic rings. The highest BCUT2D eigenvalue weighted by Crippen LogP contribution is 2.22. The standard InChI is InChI=1S/C25H24BrN3O2/c26-22-8-4-5-18(15-22)17-28-24(30)20-10-13-29(14-11-20)25(31)21-9-12-27-23(16-21)19-6-2-1-3-7-19/h1-9,12,15-16,20H,10-11,13-14,17H2,(H,28,30). The fraction of sp³-hybridized carbons (Fsp3) is 0.240. The molecule has 0 radical (unpaired) electrons. The third-order valence-corrected chi connectivity index (χ3v) is 6.08. The van der Waals surface area contributed by atoms with Gasteiger partial charge in [-0.3, -0.25) is 14.6 Å². The minimum Gasteiger partial charge on any atom is -0.352 e. The van der Waals surface area contributed by atoms with E-state index in [1.807, 2.05) is 65.6 Å². The predicted molar refractivity (Wildman–Crippen MR) is 124 cm³/mol. The first-order valence-corrected chi connectivity index (χ1v) is 11.2. The number of hydrogen-bond acceptors (Lipinski definition) is 3. The van der Waals surface area contributed by atoms with Crippen molar-refractivity contribution in [3.05, 3.63) is 88.5 Å². The van der Waals surface area contributed by atoms with Crippen molar-refractivity contribution in [1.29, 1.82) is 0 Å². The molecule has 1 saturated heterocycles. The molecule has 1 aliphatic heterocycles. The molecule has 6 heteroatoms. The van der Waals surface area contributed by atoms with E-state index in [0.29, 0.717) is 38.0 Å². The number of hydrogen-bond donors (Lipinski definition) is 1. The molecular formula is C25H24BrN3O2. The molecule has 2 amide bonds. The van der Waals surface area contributed by atoms with E-state index in [0.717, 1.165) is 21.3 Å². The van der Waals surface area contributed by atoms with Crippen LogP contribution in [-0.4, -0.2) is 34.8 Å². The normalized spacial score (nSPS) is 14.3. The van der Waals surface area contributed by atoms with Gasteiger partial charge in [-0.05, 0) is 42.7 Å². The summed E-state index contributed by atoms with van der Waals surface area (Å²) in [5.41, 5.74) is 3.46. The van der Waals surface area contributed by atoms with E-state index in [9.17, 15) is 9.59 Å². The molecule has 0 saturated carbocycles. The molecule has 1 aromatic heterocycles. The lowest BCUT2D eigenvalue weighted by molar-refractivity contribution is -0.126. The lowest BCUT2D eigenvalue weighted by atomic mass is 9.95. The van der Waals surface area contributed by atoms with E-state index in [1.54, 1.807) is 12.3 Å². The number of likely N-dealkylation sites (tertiary alicyclic amines) is 1. The van der Waals surface area contributed by atoms with Gasteiger partial charge in [-0.25, -0.2) is 0 Å². The topological polar surface area (TPSA) is 62.3 Å². The zero-order valence-corrected chi connectivity index (χ0v) is 18.7. The Morgan fingerprint density at radius 2 is 1.77 bits per heavy atom. The molecule has 0 atom stereocenters. The second-order valence-electron chi connectivity index (χ2n) is 7.71. The number of rotatable bonds is 5. The summed E-state index contributed by atoms with van der Waals surface area (Å²) in [4.78, 5) is 31.8. The van der Waals surface area contributed by atoms with Crippen molar-refractivity contribution >= 4 is 27.7 Å². The van der Waals surface area contributed by atoms with Crippen LogP contribution in [0.15, 0.2) is 77.4 Å². The van der Waals surface area contributed by atoms with E-state index in [1.165, 1.54) is 0 Å².